The summed E-state index contributed by atoms with van der Waals surface area (Å²) in [5.74, 6) is 0.120. The largest absolute Gasteiger partial charge is 0.484 e. The Morgan fingerprint density at radius 1 is 0.905 bits per heavy atom. The quantitative estimate of drug-likeness (QED) is 0.179. The molecule has 0 N–H and O–H groups in total. The molecule has 1 saturated carbocycles. The Bertz CT molecular complexity index is 1750. The predicted molar refractivity (Wildman–Crippen MR) is 158 cm³/mol. The molecule has 2 aliphatic rings. The first-order valence-corrected chi connectivity index (χ1v) is 13.6. The zero-order valence-electron chi connectivity index (χ0n) is 22.5. The van der Waals surface area contributed by atoms with Gasteiger partial charge in [0.1, 0.15) is 5.75 Å². The first-order chi connectivity index (χ1) is 20.4. The van der Waals surface area contributed by atoms with Crippen LogP contribution in [0.4, 0.5) is 11.4 Å². The van der Waals surface area contributed by atoms with E-state index in [1.54, 1.807) is 24.3 Å². The molecule has 1 amide bonds. The number of carbonyl (C=O) groups excluding carboxylic acids is 1. The van der Waals surface area contributed by atoms with Crippen LogP contribution >= 0.6 is 0 Å². The Morgan fingerprint density at radius 2 is 1.57 bits per heavy atom. The number of rotatable bonds is 7. The Hall–Kier alpha value is -5.38. The van der Waals surface area contributed by atoms with Crippen molar-refractivity contribution >= 4 is 39.8 Å². The summed E-state index contributed by atoms with van der Waals surface area (Å²) in [4.78, 5) is 35.1. The molecule has 0 spiro atoms. The first kappa shape index (κ1) is 26.8. The summed E-state index contributed by atoms with van der Waals surface area (Å²) in [7, 11) is 0. The molecular formula is C32H26N4O6. The maximum atomic E-state index is 13.7. The van der Waals surface area contributed by atoms with Crippen molar-refractivity contribution in [1.29, 1.82) is 0 Å². The number of fused-ring (bicyclic) bond motifs is 2. The van der Waals surface area contributed by atoms with Gasteiger partial charge in [0.15, 0.2) is 6.61 Å². The molecule has 42 heavy (non-hydrogen) atoms. The monoisotopic (exact) mass is 562 g/mol. The van der Waals surface area contributed by atoms with Gasteiger partial charge in [0.2, 0.25) is 0 Å². The van der Waals surface area contributed by atoms with Crippen LogP contribution < -0.4 is 4.74 Å². The minimum Gasteiger partial charge on any atom is -0.484 e. The lowest BCUT2D eigenvalue weighted by Gasteiger charge is -2.29. The van der Waals surface area contributed by atoms with Crippen molar-refractivity contribution in [1.82, 2.24) is 5.01 Å². The number of nitro benzene ring substituents is 2. The number of hydrazone groups is 1. The van der Waals surface area contributed by atoms with Crippen LogP contribution in [0.25, 0.3) is 16.8 Å². The van der Waals surface area contributed by atoms with E-state index in [0.29, 0.717) is 5.75 Å². The van der Waals surface area contributed by atoms with Crippen LogP contribution in [0.15, 0.2) is 102 Å². The number of hydrogen-bond acceptors (Lipinski definition) is 7. The summed E-state index contributed by atoms with van der Waals surface area (Å²) in [6.45, 7) is -0.229. The summed E-state index contributed by atoms with van der Waals surface area (Å²) in [5.41, 5.74) is 3.27. The highest BCUT2D eigenvalue weighted by Crippen LogP contribution is 2.44. The van der Waals surface area contributed by atoms with E-state index < -0.39 is 15.9 Å². The molecule has 10 heteroatoms. The summed E-state index contributed by atoms with van der Waals surface area (Å²) in [5, 5.41) is 30.7. The van der Waals surface area contributed by atoms with Crippen LogP contribution in [0, 0.1) is 26.1 Å². The van der Waals surface area contributed by atoms with E-state index in [0.717, 1.165) is 52.4 Å². The lowest BCUT2D eigenvalue weighted by Crippen LogP contribution is -2.34. The normalized spacial score (nSPS) is 18.9. The zero-order chi connectivity index (χ0) is 29.2. The summed E-state index contributed by atoms with van der Waals surface area (Å²) in [6, 6.07) is 25.6. The molecule has 0 bridgehead atoms. The van der Waals surface area contributed by atoms with Crippen molar-refractivity contribution < 1.29 is 19.4 Å². The van der Waals surface area contributed by atoms with Gasteiger partial charge in [0.05, 0.1) is 21.6 Å². The van der Waals surface area contributed by atoms with Crippen molar-refractivity contribution in [2.45, 2.75) is 25.3 Å². The smallest absolute Gasteiger partial charge is 0.281 e. The maximum Gasteiger partial charge on any atom is 0.281 e. The Morgan fingerprint density at radius 3 is 2.26 bits per heavy atom. The fourth-order valence-electron chi connectivity index (χ4n) is 5.70. The molecule has 2 atom stereocenters. The maximum absolute atomic E-state index is 13.7. The molecule has 1 heterocycles. The molecule has 0 saturated heterocycles. The molecule has 1 aliphatic carbocycles. The number of ether oxygens (including phenoxy) is 1. The van der Waals surface area contributed by atoms with Gasteiger partial charge in [-0.3, -0.25) is 25.0 Å². The van der Waals surface area contributed by atoms with Crippen LogP contribution in [-0.2, 0) is 4.79 Å². The van der Waals surface area contributed by atoms with E-state index in [-0.39, 0.29) is 29.8 Å². The number of benzene rings is 4. The summed E-state index contributed by atoms with van der Waals surface area (Å²) in [6.07, 6.45) is 4.35. The SMILES string of the molecule is O=C(COc1ccc2ccccc2c1)N1N=C2/C(=C/c3ccc([N+](=O)[O-])cc3)CCC[C@@H]2[C@@H]1c1ccc([N+](=O)[O-])cc1. The van der Waals surface area contributed by atoms with E-state index in [2.05, 4.69) is 0 Å². The third-order valence-corrected chi connectivity index (χ3v) is 7.73. The standard InChI is InChI=1S/C32H26N4O6/c37-30(20-42-28-17-12-22-4-1-2-5-24(22)19-28)34-32(23-10-15-27(16-11-23)36(40)41)29-7-3-6-25(31(29)33-34)18-21-8-13-26(14-9-21)35(38)39/h1-2,4-5,8-19,29,32H,3,6-7,20H2/b25-18+/t29-,32-/m0/s1. The third kappa shape index (κ3) is 5.34. The number of nitrogens with zero attached hydrogens (tertiary/aromatic N) is 4. The molecule has 0 radical (unpaired) electrons. The van der Waals surface area contributed by atoms with Gasteiger partial charge in [-0.1, -0.05) is 42.5 Å². The summed E-state index contributed by atoms with van der Waals surface area (Å²) < 4.78 is 5.91. The fourth-order valence-corrected chi connectivity index (χ4v) is 5.70. The lowest BCUT2D eigenvalue weighted by molar-refractivity contribution is -0.385. The number of allylic oxidation sites excluding steroid dienone is 1. The minimum absolute atomic E-state index is 0.0123. The van der Waals surface area contributed by atoms with Crippen LogP contribution in [0.5, 0.6) is 5.75 Å². The van der Waals surface area contributed by atoms with Gasteiger partial charge in [-0.05, 0) is 77.1 Å². The second kappa shape index (κ2) is 11.2. The van der Waals surface area contributed by atoms with Gasteiger partial charge >= 0.3 is 0 Å². The molecule has 4 aromatic carbocycles. The molecule has 1 fully saturated rings. The Balaban J connectivity index is 1.31. The number of carbonyl (C=O) groups is 1. The molecular weight excluding hydrogens is 536 g/mol. The Kier molecular flexibility index (Phi) is 7.18. The van der Waals surface area contributed by atoms with Gasteiger partial charge in [-0.15, -0.1) is 0 Å². The van der Waals surface area contributed by atoms with Crippen LogP contribution in [-0.4, -0.2) is 33.1 Å². The van der Waals surface area contributed by atoms with Crippen molar-refractivity contribution in [2.24, 2.45) is 11.0 Å². The predicted octanol–water partition coefficient (Wildman–Crippen LogP) is 6.86. The van der Waals surface area contributed by atoms with E-state index in [1.165, 1.54) is 29.3 Å². The van der Waals surface area contributed by atoms with Gasteiger partial charge in [-0.2, -0.15) is 5.10 Å². The van der Waals surface area contributed by atoms with Crippen LogP contribution in [0.2, 0.25) is 0 Å². The van der Waals surface area contributed by atoms with E-state index in [1.807, 2.05) is 48.5 Å². The van der Waals surface area contributed by atoms with E-state index in [9.17, 15) is 25.0 Å². The first-order valence-electron chi connectivity index (χ1n) is 13.6. The van der Waals surface area contributed by atoms with Gasteiger partial charge in [0.25, 0.3) is 17.3 Å². The fraction of sp³-hybridized carbons (Fsp3) is 0.188. The highest BCUT2D eigenvalue weighted by Gasteiger charge is 2.44. The van der Waals surface area contributed by atoms with Gasteiger partial charge in [0, 0.05) is 30.2 Å². The highest BCUT2D eigenvalue weighted by atomic mass is 16.6. The van der Waals surface area contributed by atoms with Crippen molar-refractivity contribution in [3.63, 3.8) is 0 Å². The van der Waals surface area contributed by atoms with E-state index >= 15 is 0 Å². The van der Waals surface area contributed by atoms with Gasteiger partial charge in [-0.25, -0.2) is 5.01 Å². The molecule has 1 aliphatic heterocycles. The number of amides is 1. The second-order valence-electron chi connectivity index (χ2n) is 10.3. The highest BCUT2D eigenvalue weighted by molar-refractivity contribution is 6.08. The topological polar surface area (TPSA) is 128 Å². The van der Waals surface area contributed by atoms with Crippen LogP contribution in [0.3, 0.4) is 0 Å². The molecule has 4 aromatic rings. The Labute approximate surface area is 240 Å². The molecule has 6 rings (SSSR count). The van der Waals surface area contributed by atoms with Crippen molar-refractivity contribution in [2.75, 3.05) is 6.61 Å². The average Bonchev–Trinajstić information content (AvgIpc) is 3.41. The van der Waals surface area contributed by atoms with Crippen molar-refractivity contribution in [3.05, 3.63) is 128 Å². The molecule has 0 unspecified atom stereocenters. The number of nitro groups is 2. The molecule has 10 nitrogen and oxygen atoms in total. The zero-order valence-corrected chi connectivity index (χ0v) is 22.5. The number of non-ortho nitro benzene ring substituents is 2. The molecule has 0 aromatic heterocycles. The van der Waals surface area contributed by atoms with Gasteiger partial charge < -0.3 is 4.74 Å². The van der Waals surface area contributed by atoms with Crippen LogP contribution in [0.1, 0.15) is 36.4 Å². The number of hydrogen-bond donors (Lipinski definition) is 0. The third-order valence-electron chi connectivity index (χ3n) is 7.73. The minimum atomic E-state index is -0.452. The average molecular weight is 563 g/mol. The van der Waals surface area contributed by atoms with E-state index in [4.69, 9.17) is 9.84 Å². The van der Waals surface area contributed by atoms with Crippen molar-refractivity contribution in [3.8, 4) is 5.75 Å². The second-order valence-corrected chi connectivity index (χ2v) is 10.3. The summed E-state index contributed by atoms with van der Waals surface area (Å²) >= 11 is 0. The lowest BCUT2D eigenvalue weighted by atomic mass is 9.77. The molecule has 210 valence electrons.